The lowest BCUT2D eigenvalue weighted by atomic mass is 10.0. The average Bonchev–Trinajstić information content (AvgIpc) is 2.58. The molecule has 24 heavy (non-hydrogen) atoms. The van der Waals surface area contributed by atoms with E-state index in [0.29, 0.717) is 24.3 Å². The number of anilines is 2. The molecule has 2 aromatic carbocycles. The monoisotopic (exact) mass is 326 g/mol. The lowest BCUT2D eigenvalue weighted by Gasteiger charge is -2.26. The predicted molar refractivity (Wildman–Crippen MR) is 90.8 cm³/mol. The largest absolute Gasteiger partial charge is 0.507 e. The van der Waals surface area contributed by atoms with Crippen molar-refractivity contribution in [2.75, 3.05) is 24.4 Å². The van der Waals surface area contributed by atoms with E-state index < -0.39 is 5.91 Å². The number of phenolic OH excluding ortho intramolecular Hbond substituents is 1. The number of amides is 2. The van der Waals surface area contributed by atoms with Crippen molar-refractivity contribution in [1.82, 2.24) is 0 Å². The van der Waals surface area contributed by atoms with Crippen molar-refractivity contribution in [1.29, 1.82) is 0 Å². The first-order chi connectivity index (χ1) is 11.5. The van der Waals surface area contributed by atoms with E-state index in [-0.39, 0.29) is 17.2 Å². The van der Waals surface area contributed by atoms with Crippen LogP contribution in [0.15, 0.2) is 36.4 Å². The molecule has 0 bridgehead atoms. The zero-order valence-electron chi connectivity index (χ0n) is 13.5. The van der Waals surface area contributed by atoms with Gasteiger partial charge in [-0.3, -0.25) is 9.59 Å². The number of ether oxygens (including phenoxy) is 1. The summed E-state index contributed by atoms with van der Waals surface area (Å²) in [7, 11) is 3.23. The van der Waals surface area contributed by atoms with Gasteiger partial charge in [-0.15, -0.1) is 0 Å². The molecule has 124 valence electrons. The van der Waals surface area contributed by atoms with Gasteiger partial charge in [-0.1, -0.05) is 0 Å². The summed E-state index contributed by atoms with van der Waals surface area (Å²) in [5.41, 5.74) is 2.66. The number of fused-ring (bicyclic) bond motifs is 1. The van der Waals surface area contributed by atoms with Gasteiger partial charge in [0.1, 0.15) is 11.5 Å². The molecule has 1 aliphatic rings. The Labute approximate surface area is 139 Å². The van der Waals surface area contributed by atoms with Gasteiger partial charge in [0.15, 0.2) is 0 Å². The van der Waals surface area contributed by atoms with Gasteiger partial charge in [0.2, 0.25) is 5.91 Å². The first kappa shape index (κ1) is 15.9. The summed E-state index contributed by atoms with van der Waals surface area (Å²) in [6.45, 7) is 0. The summed E-state index contributed by atoms with van der Waals surface area (Å²) in [5, 5.41) is 12.7. The number of phenols is 1. The number of carbonyl (C=O) groups excluding carboxylic acids is 2. The van der Waals surface area contributed by atoms with E-state index in [4.69, 9.17) is 4.74 Å². The Kier molecular flexibility index (Phi) is 4.12. The fourth-order valence-corrected chi connectivity index (χ4v) is 2.76. The Morgan fingerprint density at radius 3 is 2.71 bits per heavy atom. The summed E-state index contributed by atoms with van der Waals surface area (Å²) < 4.78 is 5.01. The number of aromatic hydroxyl groups is 1. The summed E-state index contributed by atoms with van der Waals surface area (Å²) in [6, 6.07) is 9.93. The molecular formula is C18H18N2O4. The number of hydrogen-bond acceptors (Lipinski definition) is 4. The molecule has 6 heteroatoms. The van der Waals surface area contributed by atoms with Gasteiger partial charge < -0.3 is 20.1 Å². The smallest absolute Gasteiger partial charge is 0.259 e. The standard InChI is InChI=1S/C18H18N2O4/c1-20-15-7-4-12(9-11(15)3-8-17(20)22)19-18(23)14-6-5-13(24-2)10-16(14)21/h4-7,9-10,21H,3,8H2,1-2H3,(H,19,23). The first-order valence-corrected chi connectivity index (χ1v) is 7.57. The molecule has 0 spiro atoms. The van der Waals surface area contributed by atoms with Crippen LogP contribution in [0, 0.1) is 0 Å². The maximum atomic E-state index is 12.3. The van der Waals surface area contributed by atoms with Crippen molar-refractivity contribution < 1.29 is 19.4 Å². The summed E-state index contributed by atoms with van der Waals surface area (Å²) in [5.74, 6) is 0.0125. The lowest BCUT2D eigenvalue weighted by Crippen LogP contribution is -2.31. The quantitative estimate of drug-likeness (QED) is 0.908. The van der Waals surface area contributed by atoms with Gasteiger partial charge in [-0.2, -0.15) is 0 Å². The van der Waals surface area contributed by atoms with Crippen LogP contribution in [0.4, 0.5) is 11.4 Å². The van der Waals surface area contributed by atoms with Gasteiger partial charge in [0.25, 0.3) is 5.91 Å². The maximum Gasteiger partial charge on any atom is 0.259 e. The molecule has 0 radical (unpaired) electrons. The third-order valence-electron chi connectivity index (χ3n) is 4.13. The molecule has 0 saturated carbocycles. The maximum absolute atomic E-state index is 12.3. The van der Waals surface area contributed by atoms with Crippen molar-refractivity contribution in [2.24, 2.45) is 0 Å². The Morgan fingerprint density at radius 2 is 2.00 bits per heavy atom. The fourth-order valence-electron chi connectivity index (χ4n) is 2.76. The second kappa shape index (κ2) is 6.23. The minimum Gasteiger partial charge on any atom is -0.507 e. The van der Waals surface area contributed by atoms with E-state index in [1.54, 1.807) is 24.1 Å². The minimum atomic E-state index is -0.407. The van der Waals surface area contributed by atoms with E-state index in [1.807, 2.05) is 12.1 Å². The van der Waals surface area contributed by atoms with Gasteiger partial charge in [-0.05, 0) is 42.3 Å². The number of nitrogens with zero attached hydrogens (tertiary/aromatic N) is 1. The Bertz CT molecular complexity index is 817. The SMILES string of the molecule is COc1ccc(C(=O)Nc2ccc3c(c2)CCC(=O)N3C)c(O)c1. The molecule has 2 amide bonds. The predicted octanol–water partition coefficient (Wildman–Crippen LogP) is 2.56. The fraction of sp³-hybridized carbons (Fsp3) is 0.222. The van der Waals surface area contributed by atoms with Crippen LogP contribution in [0.5, 0.6) is 11.5 Å². The van der Waals surface area contributed by atoms with Gasteiger partial charge >= 0.3 is 0 Å². The van der Waals surface area contributed by atoms with Crippen LogP contribution in [-0.2, 0) is 11.2 Å². The van der Waals surface area contributed by atoms with Gasteiger partial charge in [0, 0.05) is 30.9 Å². The topological polar surface area (TPSA) is 78.9 Å². The minimum absolute atomic E-state index is 0.0856. The molecular weight excluding hydrogens is 308 g/mol. The van der Waals surface area contributed by atoms with Gasteiger partial charge in [-0.25, -0.2) is 0 Å². The van der Waals surface area contributed by atoms with Gasteiger partial charge in [0.05, 0.1) is 12.7 Å². The second-order valence-electron chi connectivity index (χ2n) is 5.63. The van der Waals surface area contributed by atoms with E-state index in [0.717, 1.165) is 11.3 Å². The van der Waals surface area contributed by atoms with Crippen LogP contribution in [0.25, 0.3) is 0 Å². The average molecular weight is 326 g/mol. The summed E-state index contributed by atoms with van der Waals surface area (Å²) in [4.78, 5) is 25.7. The number of rotatable bonds is 3. The lowest BCUT2D eigenvalue weighted by molar-refractivity contribution is -0.118. The van der Waals surface area contributed by atoms with Crippen molar-refractivity contribution in [3.63, 3.8) is 0 Å². The molecule has 3 rings (SSSR count). The van der Waals surface area contributed by atoms with Crippen LogP contribution in [0.2, 0.25) is 0 Å². The van der Waals surface area contributed by atoms with Crippen LogP contribution in [0.1, 0.15) is 22.3 Å². The first-order valence-electron chi connectivity index (χ1n) is 7.57. The highest BCUT2D eigenvalue weighted by Crippen LogP contribution is 2.30. The number of aryl methyl sites for hydroxylation is 1. The van der Waals surface area contributed by atoms with Crippen LogP contribution < -0.4 is 15.0 Å². The number of nitrogens with one attached hydrogen (secondary N) is 1. The molecule has 1 heterocycles. The van der Waals surface area contributed by atoms with E-state index in [1.165, 1.54) is 19.2 Å². The van der Waals surface area contributed by atoms with Crippen molar-refractivity contribution in [3.8, 4) is 11.5 Å². The van der Waals surface area contributed by atoms with Crippen LogP contribution in [0.3, 0.4) is 0 Å². The van der Waals surface area contributed by atoms with E-state index in [2.05, 4.69) is 5.32 Å². The number of hydrogen-bond donors (Lipinski definition) is 2. The molecule has 6 nitrogen and oxygen atoms in total. The Hall–Kier alpha value is -3.02. The third kappa shape index (κ3) is 2.90. The Balaban J connectivity index is 1.82. The van der Waals surface area contributed by atoms with E-state index >= 15 is 0 Å². The summed E-state index contributed by atoms with van der Waals surface area (Å²) >= 11 is 0. The van der Waals surface area contributed by atoms with Crippen LogP contribution >= 0.6 is 0 Å². The van der Waals surface area contributed by atoms with E-state index in [9.17, 15) is 14.7 Å². The van der Waals surface area contributed by atoms with Crippen molar-refractivity contribution in [3.05, 3.63) is 47.5 Å². The molecule has 2 aromatic rings. The molecule has 2 N–H and O–H groups in total. The molecule has 0 aliphatic carbocycles. The Morgan fingerprint density at radius 1 is 1.21 bits per heavy atom. The number of carbonyl (C=O) groups is 2. The highest BCUT2D eigenvalue weighted by molar-refractivity contribution is 6.06. The van der Waals surface area contributed by atoms with Crippen molar-refractivity contribution in [2.45, 2.75) is 12.8 Å². The normalized spacial score (nSPS) is 13.4. The molecule has 0 fully saturated rings. The van der Waals surface area contributed by atoms with Crippen LogP contribution in [-0.4, -0.2) is 31.1 Å². The summed E-state index contributed by atoms with van der Waals surface area (Å²) in [6.07, 6.45) is 1.11. The second-order valence-corrected chi connectivity index (χ2v) is 5.63. The number of benzene rings is 2. The van der Waals surface area contributed by atoms with Crippen molar-refractivity contribution >= 4 is 23.2 Å². The zero-order valence-corrected chi connectivity index (χ0v) is 13.5. The molecule has 0 aromatic heterocycles. The molecule has 1 aliphatic heterocycles. The third-order valence-corrected chi connectivity index (χ3v) is 4.13. The highest BCUT2D eigenvalue weighted by Gasteiger charge is 2.21. The molecule has 0 unspecified atom stereocenters. The number of methoxy groups -OCH3 is 1. The molecule has 0 atom stereocenters. The highest BCUT2D eigenvalue weighted by atomic mass is 16.5. The molecule has 0 saturated heterocycles. The zero-order chi connectivity index (χ0) is 17.3.